The average molecular weight is 439 g/mol. The van der Waals surface area contributed by atoms with Crippen LogP contribution in [0.3, 0.4) is 0 Å². The fourth-order valence-electron chi connectivity index (χ4n) is 3.41. The fraction of sp³-hybridized carbons (Fsp3) is 0.455. The number of guanidine groups is 1. The molecule has 3 aliphatic heterocycles. The van der Waals surface area contributed by atoms with Crippen LogP contribution in [0, 0.1) is 0 Å². The predicted molar refractivity (Wildman–Crippen MR) is 83.1 cm³/mol. The van der Waals surface area contributed by atoms with Crippen molar-refractivity contribution in [2.45, 2.75) is 23.2 Å². The number of H-pyrrole nitrogens is 1. The first-order valence-electron chi connectivity index (χ1n) is 6.20. The van der Waals surface area contributed by atoms with Gasteiger partial charge in [-0.25, -0.2) is 4.99 Å². The molecule has 3 aliphatic rings. The third-order valence-corrected chi connectivity index (χ3v) is 6.60. The molecule has 10 heteroatoms. The number of halogens is 3. The van der Waals surface area contributed by atoms with Gasteiger partial charge >= 0.3 is 0 Å². The minimum Gasteiger partial charge on any atom is -0.387 e. The largest absolute Gasteiger partial charge is 0.387 e. The van der Waals surface area contributed by atoms with E-state index in [2.05, 4.69) is 47.2 Å². The first kappa shape index (κ1) is 13.9. The normalized spacial score (nSPS) is 37.0. The van der Waals surface area contributed by atoms with Gasteiger partial charge in [-0.2, -0.15) is 0 Å². The number of aliphatic hydroxyl groups is 1. The van der Waals surface area contributed by atoms with Gasteiger partial charge < -0.3 is 26.0 Å². The van der Waals surface area contributed by atoms with Crippen LogP contribution < -0.4 is 11.1 Å². The van der Waals surface area contributed by atoms with E-state index in [4.69, 9.17) is 17.3 Å². The number of nitrogens with zero attached hydrogens (tertiary/aromatic N) is 2. The summed E-state index contributed by atoms with van der Waals surface area (Å²) in [5, 5.41) is 12.9. The Hall–Kier alpha value is -0.770. The van der Waals surface area contributed by atoms with E-state index in [0.29, 0.717) is 20.3 Å². The molecule has 0 bridgehead atoms. The molecule has 1 fully saturated rings. The molecular formula is C11H10Br2ClN5O2. The number of nitrogens with one attached hydrogen (secondary N) is 2. The molecule has 0 saturated carbocycles. The maximum absolute atomic E-state index is 12.8. The number of carbonyl (C=O) groups is 1. The molecule has 1 amide bonds. The number of carbonyl (C=O) groups excluding carboxylic acids is 1. The van der Waals surface area contributed by atoms with Gasteiger partial charge in [-0.1, -0.05) is 0 Å². The molecule has 1 aromatic rings. The molecule has 4 rings (SSSR count). The van der Waals surface area contributed by atoms with Crippen molar-refractivity contribution in [3.63, 3.8) is 0 Å². The lowest BCUT2D eigenvalue weighted by Gasteiger charge is -2.44. The molecule has 1 spiro atoms. The highest BCUT2D eigenvalue weighted by atomic mass is 79.9. The van der Waals surface area contributed by atoms with E-state index in [1.165, 1.54) is 4.90 Å². The second-order valence-electron chi connectivity index (χ2n) is 5.29. The Labute approximate surface area is 141 Å². The van der Waals surface area contributed by atoms with E-state index in [9.17, 15) is 9.90 Å². The lowest BCUT2D eigenvalue weighted by atomic mass is 9.86. The van der Waals surface area contributed by atoms with Gasteiger partial charge in [0.15, 0.2) is 11.6 Å². The minimum absolute atomic E-state index is 0.180. The highest BCUT2D eigenvalue weighted by Gasteiger charge is 2.66. The van der Waals surface area contributed by atoms with Gasteiger partial charge in [0.2, 0.25) is 0 Å². The number of hydrogen-bond donors (Lipinski definition) is 4. The van der Waals surface area contributed by atoms with Crippen molar-refractivity contribution in [3.05, 3.63) is 20.3 Å². The van der Waals surface area contributed by atoms with Gasteiger partial charge in [0.25, 0.3) is 5.91 Å². The Morgan fingerprint density at radius 3 is 2.95 bits per heavy atom. The average Bonchev–Trinajstić information content (AvgIpc) is 3.00. The number of hydrogen-bond acceptors (Lipinski definition) is 5. The fourth-order valence-corrected chi connectivity index (χ4v) is 4.67. The molecule has 5 N–H and O–H groups in total. The van der Waals surface area contributed by atoms with Crippen molar-refractivity contribution in [2.75, 3.05) is 6.54 Å². The number of aliphatic imine (C=N–C) groups is 1. The summed E-state index contributed by atoms with van der Waals surface area (Å²) < 4.78 is 1.34. The zero-order chi connectivity index (χ0) is 15.1. The van der Waals surface area contributed by atoms with E-state index in [1.807, 2.05) is 0 Å². The van der Waals surface area contributed by atoms with Crippen LogP contribution >= 0.6 is 43.5 Å². The van der Waals surface area contributed by atoms with E-state index in [-0.39, 0.29) is 18.4 Å². The van der Waals surface area contributed by atoms with Gasteiger partial charge in [0, 0.05) is 12.1 Å². The number of aromatic nitrogens is 1. The molecule has 1 saturated heterocycles. The van der Waals surface area contributed by atoms with Gasteiger partial charge in [0.1, 0.15) is 17.8 Å². The van der Waals surface area contributed by atoms with Crippen LogP contribution in [0.2, 0.25) is 0 Å². The van der Waals surface area contributed by atoms with Crippen molar-refractivity contribution in [1.29, 1.82) is 0 Å². The third kappa shape index (κ3) is 1.47. The molecule has 112 valence electrons. The summed E-state index contributed by atoms with van der Waals surface area (Å²) in [7, 11) is 0. The summed E-state index contributed by atoms with van der Waals surface area (Å²) in [6.45, 7) is 0.224. The third-order valence-electron chi connectivity index (χ3n) is 4.28. The Morgan fingerprint density at radius 1 is 1.52 bits per heavy atom. The molecule has 0 aromatic carbocycles. The van der Waals surface area contributed by atoms with Crippen LogP contribution in [-0.2, 0) is 0 Å². The summed E-state index contributed by atoms with van der Waals surface area (Å²) >= 11 is 13.0. The van der Waals surface area contributed by atoms with Crippen molar-refractivity contribution >= 4 is 55.3 Å². The van der Waals surface area contributed by atoms with Crippen LogP contribution in [-0.4, -0.2) is 50.5 Å². The second kappa shape index (κ2) is 4.15. The minimum atomic E-state index is -1.12. The van der Waals surface area contributed by atoms with Crippen LogP contribution in [0.1, 0.15) is 22.1 Å². The van der Waals surface area contributed by atoms with Crippen LogP contribution in [0.5, 0.6) is 0 Å². The smallest absolute Gasteiger partial charge is 0.272 e. The van der Waals surface area contributed by atoms with Crippen LogP contribution in [0.15, 0.2) is 14.1 Å². The monoisotopic (exact) mass is 437 g/mol. The molecule has 0 aliphatic carbocycles. The zero-order valence-corrected chi connectivity index (χ0v) is 14.3. The highest BCUT2D eigenvalue weighted by Crippen LogP contribution is 2.52. The van der Waals surface area contributed by atoms with Gasteiger partial charge in [-0.3, -0.25) is 4.79 Å². The van der Waals surface area contributed by atoms with E-state index in [1.54, 1.807) is 0 Å². The maximum Gasteiger partial charge on any atom is 0.272 e. The van der Waals surface area contributed by atoms with Crippen LogP contribution in [0.25, 0.3) is 0 Å². The summed E-state index contributed by atoms with van der Waals surface area (Å²) in [6, 6.07) is -0.527. The number of fused-ring (bicyclic) bond motifs is 2. The first-order chi connectivity index (χ1) is 9.87. The van der Waals surface area contributed by atoms with Crippen molar-refractivity contribution in [2.24, 2.45) is 10.7 Å². The molecule has 0 unspecified atom stereocenters. The standard InChI is InChI=1S/C11H10Br2ClN5O2/c12-4-3-5(16-8(4)13)9(21)19-1-2(14)7(20)11(19)6(3)17-10(15)18-11/h2,6-7,16,20H,1H2,(H3,15,17,18)/t2-,6+,7-,11+/m1/s1. The number of nitrogens with two attached hydrogens (primary N) is 1. The van der Waals surface area contributed by atoms with Gasteiger partial charge in [-0.15, -0.1) is 11.6 Å². The summed E-state index contributed by atoms with van der Waals surface area (Å²) in [4.78, 5) is 21.6. The number of aromatic amines is 1. The summed E-state index contributed by atoms with van der Waals surface area (Å²) in [5.41, 5.74) is 5.79. The number of rotatable bonds is 0. The van der Waals surface area contributed by atoms with Gasteiger partial charge in [0.05, 0.1) is 14.5 Å². The van der Waals surface area contributed by atoms with Crippen LogP contribution in [0.4, 0.5) is 0 Å². The number of alkyl halides is 1. The molecule has 21 heavy (non-hydrogen) atoms. The Morgan fingerprint density at radius 2 is 2.24 bits per heavy atom. The maximum atomic E-state index is 12.8. The van der Waals surface area contributed by atoms with E-state index in [0.717, 1.165) is 0 Å². The predicted octanol–water partition coefficient (Wildman–Crippen LogP) is 0.633. The molecule has 4 atom stereocenters. The summed E-state index contributed by atoms with van der Waals surface area (Å²) in [6.07, 6.45) is -0.980. The van der Waals surface area contributed by atoms with Crippen molar-refractivity contribution < 1.29 is 9.90 Å². The van der Waals surface area contributed by atoms with E-state index >= 15 is 0 Å². The number of amides is 1. The SMILES string of the molecule is NC1=N[C@H]2c3c([nH]c(Br)c3Br)C(=O)N3C[C@@H](Cl)[C@@H](O)[C@]23N1. The molecule has 1 aromatic heterocycles. The molecule has 0 radical (unpaired) electrons. The zero-order valence-electron chi connectivity index (χ0n) is 10.4. The quantitative estimate of drug-likeness (QED) is 0.445. The van der Waals surface area contributed by atoms with Crippen molar-refractivity contribution in [3.8, 4) is 0 Å². The molecule has 4 heterocycles. The topological polar surface area (TPSA) is 107 Å². The highest BCUT2D eigenvalue weighted by molar-refractivity contribution is 9.13. The summed E-state index contributed by atoms with van der Waals surface area (Å²) in [5.74, 6) is -0.0630. The lowest BCUT2D eigenvalue weighted by Crippen LogP contribution is -2.66. The Kier molecular flexibility index (Phi) is 2.74. The number of aliphatic hydroxyl groups excluding tert-OH is 1. The Balaban J connectivity index is 2.01. The Bertz CT molecular complexity index is 707. The van der Waals surface area contributed by atoms with Gasteiger partial charge in [-0.05, 0) is 31.9 Å². The van der Waals surface area contributed by atoms with E-state index < -0.39 is 23.2 Å². The first-order valence-corrected chi connectivity index (χ1v) is 8.22. The van der Waals surface area contributed by atoms with Crippen molar-refractivity contribution in [1.82, 2.24) is 15.2 Å². The second-order valence-corrected chi connectivity index (χ2v) is 7.43. The molecule has 7 nitrogen and oxygen atoms in total. The molecular weight excluding hydrogens is 429 g/mol. The lowest BCUT2D eigenvalue weighted by molar-refractivity contribution is 0.000935.